The molecule has 1 heterocycles. The Morgan fingerprint density at radius 1 is 1.29 bits per heavy atom. The number of alkyl halides is 3. The first kappa shape index (κ1) is 24.8. The number of nitrogens with zero attached hydrogens (tertiary/aromatic N) is 2. The second kappa shape index (κ2) is 9.77. The maximum absolute atomic E-state index is 13.6. The van der Waals surface area contributed by atoms with Crippen LogP contribution in [-0.2, 0) is 26.7 Å². The van der Waals surface area contributed by atoms with Crippen molar-refractivity contribution in [2.24, 2.45) is 0 Å². The van der Waals surface area contributed by atoms with Gasteiger partial charge >= 0.3 is 11.9 Å². The van der Waals surface area contributed by atoms with Crippen molar-refractivity contribution >= 4 is 27.8 Å². The number of halogens is 3. The fraction of sp³-hybridized carbons (Fsp3) is 0.526. The van der Waals surface area contributed by atoms with Crippen molar-refractivity contribution in [1.82, 2.24) is 9.66 Å². The van der Waals surface area contributed by atoms with Crippen molar-refractivity contribution in [2.75, 3.05) is 17.8 Å². The van der Waals surface area contributed by atoms with Crippen LogP contribution < -0.4 is 15.7 Å². The number of carbonyl (C=O) groups is 1. The molecular weight excluding hydrogens is 439 g/mol. The number of hydrogen-bond acceptors (Lipinski definition) is 5. The molecule has 0 aliphatic heterocycles. The third-order valence-corrected chi connectivity index (χ3v) is 5.59. The minimum atomic E-state index is -4.76. The molecule has 172 valence electrons. The van der Waals surface area contributed by atoms with E-state index in [9.17, 15) is 31.8 Å². The maximum atomic E-state index is 13.6. The molecule has 1 aromatic carbocycles. The Bertz CT molecular complexity index is 1110. The van der Waals surface area contributed by atoms with E-state index in [4.69, 9.17) is 4.74 Å². The van der Waals surface area contributed by atoms with Gasteiger partial charge < -0.3 is 9.72 Å². The highest BCUT2D eigenvalue weighted by Gasteiger charge is 2.36. The average molecular weight is 463 g/mol. The molecule has 0 radical (unpaired) electrons. The molecule has 2 aromatic rings. The van der Waals surface area contributed by atoms with Crippen molar-refractivity contribution in [3.05, 3.63) is 44.1 Å². The number of rotatable bonds is 8. The molecular formula is C19H24F3N3O5S. The topological polar surface area (TPSA) is 101 Å². The molecule has 0 saturated carbocycles. The number of benzene rings is 1. The molecule has 0 aliphatic carbocycles. The van der Waals surface area contributed by atoms with Gasteiger partial charge in [0.1, 0.15) is 11.0 Å². The summed E-state index contributed by atoms with van der Waals surface area (Å²) in [6, 6.07) is 1.67. The number of methoxy groups -OCH3 is 1. The molecule has 0 fully saturated rings. The molecule has 1 amide bonds. The molecule has 2 rings (SSSR count). The number of aromatic nitrogens is 2. The molecule has 31 heavy (non-hydrogen) atoms. The Balaban J connectivity index is 2.86. The number of fused-ring (bicyclic) bond motifs is 1. The largest absolute Gasteiger partial charge is 0.416 e. The molecule has 12 heteroatoms. The summed E-state index contributed by atoms with van der Waals surface area (Å²) in [5.74, 6) is -0.718. The number of hydrogen-bond donors (Lipinski definition) is 1. The molecule has 0 spiro atoms. The smallest absolute Gasteiger partial charge is 0.377 e. The quantitative estimate of drug-likeness (QED) is 0.649. The van der Waals surface area contributed by atoms with Crippen LogP contribution in [0.3, 0.4) is 0 Å². The summed E-state index contributed by atoms with van der Waals surface area (Å²) in [7, 11) is -0.817. The maximum Gasteiger partial charge on any atom is 0.416 e. The van der Waals surface area contributed by atoms with Gasteiger partial charge in [-0.3, -0.25) is 9.59 Å². The second-order valence-corrected chi connectivity index (χ2v) is 8.05. The zero-order valence-electron chi connectivity index (χ0n) is 17.5. The second-order valence-electron chi connectivity index (χ2n) is 6.86. The van der Waals surface area contributed by atoms with Crippen LogP contribution in [0.5, 0.6) is 0 Å². The van der Waals surface area contributed by atoms with Crippen molar-refractivity contribution in [1.29, 1.82) is 0 Å². The van der Waals surface area contributed by atoms with Crippen LogP contribution in [0.1, 0.15) is 56.8 Å². The first-order chi connectivity index (χ1) is 14.5. The Morgan fingerprint density at radius 3 is 2.42 bits per heavy atom. The highest BCUT2D eigenvalue weighted by Crippen LogP contribution is 2.38. The van der Waals surface area contributed by atoms with Crippen LogP contribution in [0, 0.1) is 0 Å². The van der Waals surface area contributed by atoms with Crippen molar-refractivity contribution in [3.63, 3.8) is 0 Å². The van der Waals surface area contributed by atoms with E-state index in [2.05, 4.69) is 4.98 Å². The van der Waals surface area contributed by atoms with Crippen molar-refractivity contribution in [2.45, 2.75) is 51.8 Å². The van der Waals surface area contributed by atoms with Crippen LogP contribution in [0.25, 0.3) is 10.9 Å². The summed E-state index contributed by atoms with van der Waals surface area (Å²) >= 11 is 0. The molecule has 1 N–H and O–H groups in total. The Labute approximate surface area is 178 Å². The van der Waals surface area contributed by atoms with E-state index in [0.717, 1.165) is 12.3 Å². The molecule has 1 aromatic heterocycles. The lowest BCUT2D eigenvalue weighted by atomic mass is 9.97. The van der Waals surface area contributed by atoms with Gasteiger partial charge in [-0.15, -0.1) is 4.68 Å². The SMILES string of the molecule is CCCCC(=O)N(n1c(=O)[nH]c2cc(C(F)(F)F)c(C(CC)OC)cc2c1=O)S(C)=O. The van der Waals surface area contributed by atoms with Gasteiger partial charge in [0, 0.05) is 19.8 Å². The van der Waals surface area contributed by atoms with E-state index >= 15 is 0 Å². The van der Waals surface area contributed by atoms with E-state index < -0.39 is 46.0 Å². The Morgan fingerprint density at radius 2 is 1.94 bits per heavy atom. The summed E-state index contributed by atoms with van der Waals surface area (Å²) in [5.41, 5.74) is -3.90. The minimum Gasteiger partial charge on any atom is -0.377 e. The summed E-state index contributed by atoms with van der Waals surface area (Å²) in [5, 5.41) is -0.267. The number of ether oxygens (including phenoxy) is 1. The zero-order valence-corrected chi connectivity index (χ0v) is 18.4. The molecule has 0 saturated heterocycles. The minimum absolute atomic E-state index is 0.0557. The van der Waals surface area contributed by atoms with Gasteiger partial charge in [0.25, 0.3) is 11.5 Å². The van der Waals surface area contributed by atoms with Gasteiger partial charge in [-0.25, -0.2) is 9.00 Å². The van der Waals surface area contributed by atoms with E-state index in [-0.39, 0.29) is 29.3 Å². The van der Waals surface area contributed by atoms with Gasteiger partial charge in [0.05, 0.1) is 22.6 Å². The van der Waals surface area contributed by atoms with Gasteiger partial charge in [-0.1, -0.05) is 20.3 Å². The summed E-state index contributed by atoms with van der Waals surface area (Å²) in [6.45, 7) is 3.45. The van der Waals surface area contributed by atoms with Crippen LogP contribution in [0.15, 0.2) is 21.7 Å². The first-order valence-corrected chi connectivity index (χ1v) is 11.1. The van der Waals surface area contributed by atoms with Crippen molar-refractivity contribution in [3.8, 4) is 0 Å². The van der Waals surface area contributed by atoms with Gasteiger partial charge in [-0.05, 0) is 30.5 Å². The number of H-pyrrole nitrogens is 1. The van der Waals surface area contributed by atoms with E-state index in [0.29, 0.717) is 28.0 Å². The molecule has 0 bridgehead atoms. The van der Waals surface area contributed by atoms with E-state index in [1.807, 2.05) is 6.92 Å². The average Bonchev–Trinajstić information content (AvgIpc) is 2.69. The molecule has 0 aliphatic rings. The standard InChI is InChI=1S/C19H24F3N3O5S/c1-5-7-8-16(26)25(31(4)29)24-17(27)12-9-11(15(6-2)30-3)13(19(20,21)22)10-14(12)23-18(24)28/h9-10,15H,5-8H2,1-4H3,(H,23,28). The lowest BCUT2D eigenvalue weighted by molar-refractivity contribution is -0.139. The predicted octanol–water partition coefficient (Wildman–Crippen LogP) is 2.75. The fourth-order valence-electron chi connectivity index (χ4n) is 3.26. The normalized spacial score (nSPS) is 13.9. The zero-order chi connectivity index (χ0) is 23.5. The molecule has 2 unspecified atom stereocenters. The lowest BCUT2D eigenvalue weighted by Gasteiger charge is -2.22. The van der Waals surface area contributed by atoms with Crippen LogP contribution in [0.4, 0.5) is 13.2 Å². The summed E-state index contributed by atoms with van der Waals surface area (Å²) < 4.78 is 59.1. The molecule has 2 atom stereocenters. The number of carbonyl (C=O) groups excluding carboxylic acids is 1. The lowest BCUT2D eigenvalue weighted by Crippen LogP contribution is -2.53. The first-order valence-electron chi connectivity index (χ1n) is 9.57. The van der Waals surface area contributed by atoms with Crippen LogP contribution in [-0.4, -0.2) is 33.1 Å². The Hall–Kier alpha value is -2.47. The number of unbranched alkanes of at least 4 members (excludes halogenated alkanes) is 1. The van der Waals surface area contributed by atoms with Gasteiger partial charge in [0.2, 0.25) is 0 Å². The van der Waals surface area contributed by atoms with Crippen LogP contribution >= 0.6 is 0 Å². The summed E-state index contributed by atoms with van der Waals surface area (Å²) in [6.07, 6.45) is -3.35. The third-order valence-electron chi connectivity index (χ3n) is 4.74. The molecule has 8 nitrogen and oxygen atoms in total. The van der Waals surface area contributed by atoms with Gasteiger partial charge in [-0.2, -0.15) is 17.6 Å². The number of nitrogens with one attached hydrogen (secondary N) is 1. The highest BCUT2D eigenvalue weighted by molar-refractivity contribution is 7.86. The van der Waals surface area contributed by atoms with E-state index in [1.165, 1.54) is 7.11 Å². The van der Waals surface area contributed by atoms with Gasteiger partial charge in [0.15, 0.2) is 0 Å². The highest BCUT2D eigenvalue weighted by atomic mass is 32.2. The number of amides is 1. The fourth-order valence-corrected chi connectivity index (χ4v) is 4.01. The van der Waals surface area contributed by atoms with Crippen LogP contribution in [0.2, 0.25) is 0 Å². The third kappa shape index (κ3) is 5.06. The summed E-state index contributed by atoms with van der Waals surface area (Å²) in [4.78, 5) is 40.3. The Kier molecular flexibility index (Phi) is 7.82. The number of aromatic amines is 1. The van der Waals surface area contributed by atoms with Crippen molar-refractivity contribution < 1.29 is 26.9 Å². The predicted molar refractivity (Wildman–Crippen MR) is 111 cm³/mol. The monoisotopic (exact) mass is 463 g/mol. The van der Waals surface area contributed by atoms with E-state index in [1.54, 1.807) is 6.92 Å².